The maximum absolute atomic E-state index is 11.3. The number of fused-ring (bicyclic) bond motifs is 1. The summed E-state index contributed by atoms with van der Waals surface area (Å²) in [6.45, 7) is 0.267. The number of amides is 3. The van der Waals surface area contributed by atoms with Gasteiger partial charge in [0.15, 0.2) is 0 Å². The van der Waals surface area contributed by atoms with Gasteiger partial charge in [-0.1, -0.05) is 0 Å². The summed E-state index contributed by atoms with van der Waals surface area (Å²) in [6.07, 6.45) is 0.740. The van der Waals surface area contributed by atoms with Gasteiger partial charge in [0.05, 0.1) is 11.8 Å². The monoisotopic (exact) mass is 257 g/mol. The topological polar surface area (TPSA) is 113 Å². The predicted molar refractivity (Wildman–Crippen MR) is 59.7 cm³/mol. The molecule has 2 aliphatic rings. The number of nitrogens with zero attached hydrogens (tertiary/aromatic N) is 1. The summed E-state index contributed by atoms with van der Waals surface area (Å²) in [5, 5.41) is 11.4. The van der Waals surface area contributed by atoms with Crippen LogP contribution >= 0.6 is 11.8 Å². The minimum absolute atomic E-state index is 0.0440. The lowest BCUT2D eigenvalue weighted by molar-refractivity contribution is -0.145. The number of hydrogen-bond donors (Lipinski definition) is 3. The number of thioether (sulfide) groups is 1. The molecule has 0 spiro atoms. The first-order valence-corrected chi connectivity index (χ1v) is 5.87. The summed E-state index contributed by atoms with van der Waals surface area (Å²) in [7, 11) is 0. The molecule has 0 aromatic carbocycles. The molecule has 0 bridgehead atoms. The van der Waals surface area contributed by atoms with E-state index < -0.39 is 12.0 Å². The van der Waals surface area contributed by atoms with E-state index >= 15 is 0 Å². The number of carbonyl (C=O) groups excluding carboxylic acids is 2. The highest BCUT2D eigenvalue weighted by Gasteiger charge is 2.47. The third-order valence-corrected chi connectivity index (χ3v) is 3.87. The lowest BCUT2D eigenvalue weighted by Crippen LogP contribution is -2.48. The molecule has 0 unspecified atom stereocenters. The van der Waals surface area contributed by atoms with E-state index in [-0.39, 0.29) is 23.5 Å². The van der Waals surface area contributed by atoms with E-state index in [4.69, 9.17) is 10.8 Å². The van der Waals surface area contributed by atoms with Gasteiger partial charge in [-0.2, -0.15) is 0 Å². The van der Waals surface area contributed by atoms with Gasteiger partial charge in [-0.15, -0.1) is 11.8 Å². The highest BCUT2D eigenvalue weighted by Crippen LogP contribution is 2.47. The molecule has 7 nitrogen and oxygen atoms in total. The number of urea groups is 1. The number of carbonyl (C=O) groups is 3. The Morgan fingerprint density at radius 1 is 1.59 bits per heavy atom. The van der Waals surface area contributed by atoms with Gasteiger partial charge in [0, 0.05) is 11.4 Å². The van der Waals surface area contributed by atoms with E-state index in [1.165, 1.54) is 16.7 Å². The van der Waals surface area contributed by atoms with Gasteiger partial charge >= 0.3 is 12.0 Å². The molecule has 2 aliphatic heterocycles. The van der Waals surface area contributed by atoms with Gasteiger partial charge < -0.3 is 16.2 Å². The van der Waals surface area contributed by atoms with E-state index in [1.807, 2.05) is 0 Å². The number of aliphatic carboxylic acids is 1. The largest absolute Gasteiger partial charge is 0.477 e. The van der Waals surface area contributed by atoms with Crippen LogP contribution in [0, 0.1) is 0 Å². The smallest absolute Gasteiger partial charge is 0.353 e. The molecule has 0 aromatic rings. The molecule has 8 heteroatoms. The average Bonchev–Trinajstić information content (AvgIpc) is 2.50. The van der Waals surface area contributed by atoms with Gasteiger partial charge in [0.2, 0.25) is 5.91 Å². The van der Waals surface area contributed by atoms with Crippen LogP contribution < -0.4 is 11.1 Å². The Morgan fingerprint density at radius 2 is 2.29 bits per heavy atom. The Hall–Kier alpha value is -1.70. The molecule has 92 valence electrons. The van der Waals surface area contributed by atoms with Gasteiger partial charge in [-0.25, -0.2) is 9.59 Å². The van der Waals surface area contributed by atoms with Crippen LogP contribution in [0.1, 0.15) is 12.8 Å². The number of hydrogen-bond acceptors (Lipinski definition) is 4. The molecule has 1 atom stereocenters. The predicted octanol–water partition coefficient (Wildman–Crippen LogP) is -0.354. The van der Waals surface area contributed by atoms with Crippen molar-refractivity contribution in [3.05, 3.63) is 10.6 Å². The number of rotatable bonds is 4. The minimum atomic E-state index is -1.11. The Bertz CT molecular complexity index is 434. The average molecular weight is 257 g/mol. The van der Waals surface area contributed by atoms with Gasteiger partial charge in [-0.05, 0) is 6.42 Å². The van der Waals surface area contributed by atoms with Crippen molar-refractivity contribution in [1.29, 1.82) is 0 Å². The van der Waals surface area contributed by atoms with Crippen molar-refractivity contribution >= 4 is 29.7 Å². The quantitative estimate of drug-likeness (QED) is 0.596. The molecule has 3 amide bonds. The first-order valence-electron chi connectivity index (χ1n) is 4.99. The molecule has 1 fully saturated rings. The van der Waals surface area contributed by atoms with Crippen molar-refractivity contribution in [2.24, 2.45) is 5.73 Å². The normalized spacial score (nSPS) is 22.2. The minimum Gasteiger partial charge on any atom is -0.477 e. The molecular weight excluding hydrogens is 246 g/mol. The van der Waals surface area contributed by atoms with Crippen molar-refractivity contribution in [1.82, 2.24) is 10.2 Å². The SMILES string of the molecule is NC(=O)NCCC1=C(C(=O)O)N2C(=O)C[C@@H]2S1. The fraction of sp³-hybridized carbons (Fsp3) is 0.444. The zero-order chi connectivity index (χ0) is 12.6. The molecule has 0 aliphatic carbocycles. The fourth-order valence-electron chi connectivity index (χ4n) is 1.80. The number of β-lactam (4-membered cyclic amide) rings is 1. The lowest BCUT2D eigenvalue weighted by Gasteiger charge is -2.33. The highest BCUT2D eigenvalue weighted by atomic mass is 32.2. The van der Waals surface area contributed by atoms with Crippen LogP contribution in [0.15, 0.2) is 10.6 Å². The molecule has 2 rings (SSSR count). The van der Waals surface area contributed by atoms with E-state index in [9.17, 15) is 14.4 Å². The number of primary amides is 1. The number of nitrogens with one attached hydrogen (secondary N) is 1. The summed E-state index contributed by atoms with van der Waals surface area (Å²) >= 11 is 1.36. The van der Waals surface area contributed by atoms with E-state index in [2.05, 4.69) is 5.32 Å². The third-order valence-electron chi connectivity index (χ3n) is 2.54. The molecule has 0 saturated carbocycles. The first-order chi connectivity index (χ1) is 8.00. The van der Waals surface area contributed by atoms with Crippen LogP contribution in [0.2, 0.25) is 0 Å². The Morgan fingerprint density at radius 3 is 2.82 bits per heavy atom. The molecular formula is C9H11N3O4S. The van der Waals surface area contributed by atoms with Gasteiger partial charge in [-0.3, -0.25) is 9.69 Å². The van der Waals surface area contributed by atoms with Crippen molar-refractivity contribution in [3.63, 3.8) is 0 Å². The zero-order valence-electron chi connectivity index (χ0n) is 8.80. The second-order valence-corrected chi connectivity index (χ2v) is 4.93. The molecule has 4 N–H and O–H groups in total. The van der Waals surface area contributed by atoms with Crippen LogP contribution in [0.25, 0.3) is 0 Å². The van der Waals surface area contributed by atoms with Crippen LogP contribution in [0.4, 0.5) is 4.79 Å². The summed E-state index contributed by atoms with van der Waals surface area (Å²) < 4.78 is 0. The summed E-state index contributed by atoms with van der Waals surface area (Å²) in [5.74, 6) is -1.28. The van der Waals surface area contributed by atoms with Crippen LogP contribution in [-0.2, 0) is 9.59 Å². The van der Waals surface area contributed by atoms with Crippen molar-refractivity contribution in [3.8, 4) is 0 Å². The van der Waals surface area contributed by atoms with Crippen molar-refractivity contribution < 1.29 is 19.5 Å². The van der Waals surface area contributed by atoms with Crippen LogP contribution in [0.3, 0.4) is 0 Å². The molecule has 0 aromatic heterocycles. The Kier molecular flexibility index (Phi) is 2.97. The number of nitrogens with two attached hydrogens (primary N) is 1. The summed E-state index contributed by atoms with van der Waals surface area (Å²) in [6, 6.07) is -0.648. The van der Waals surface area contributed by atoms with E-state index in [0.717, 1.165) is 0 Å². The second kappa shape index (κ2) is 4.28. The van der Waals surface area contributed by atoms with E-state index in [0.29, 0.717) is 17.7 Å². The van der Waals surface area contributed by atoms with Gasteiger partial charge in [0.25, 0.3) is 0 Å². The highest BCUT2D eigenvalue weighted by molar-refractivity contribution is 8.04. The maximum atomic E-state index is 11.3. The first kappa shape index (κ1) is 11.8. The standard InChI is InChI=1S/C9H11N3O4S/c10-9(16)11-2-1-4-7(8(14)15)12-5(13)3-6(12)17-4/h6H,1-3H2,(H,14,15)(H3,10,11,16)/t6-/m0/s1. The van der Waals surface area contributed by atoms with Crippen LogP contribution in [0.5, 0.6) is 0 Å². The molecule has 1 saturated heterocycles. The molecule has 2 heterocycles. The maximum Gasteiger partial charge on any atom is 0.353 e. The zero-order valence-corrected chi connectivity index (χ0v) is 9.62. The summed E-state index contributed by atoms with van der Waals surface area (Å²) in [5.41, 5.74) is 4.95. The Balaban J connectivity index is 2.07. The van der Waals surface area contributed by atoms with E-state index in [1.54, 1.807) is 0 Å². The van der Waals surface area contributed by atoms with Crippen molar-refractivity contribution in [2.75, 3.05) is 6.54 Å². The Labute approximate surface area is 101 Å². The third kappa shape index (κ3) is 2.07. The lowest BCUT2D eigenvalue weighted by atomic mass is 10.1. The molecule has 0 radical (unpaired) electrons. The van der Waals surface area contributed by atoms with Crippen LogP contribution in [-0.4, -0.2) is 39.8 Å². The fourth-order valence-corrected chi connectivity index (χ4v) is 3.20. The van der Waals surface area contributed by atoms with Crippen molar-refractivity contribution in [2.45, 2.75) is 18.2 Å². The van der Waals surface area contributed by atoms with Gasteiger partial charge in [0.1, 0.15) is 5.70 Å². The molecule has 17 heavy (non-hydrogen) atoms. The number of carboxylic acids is 1. The summed E-state index contributed by atoms with van der Waals surface area (Å²) in [4.78, 5) is 34.7. The second-order valence-electron chi connectivity index (χ2n) is 3.66. The number of carboxylic acid groups (broad SMARTS) is 1.